The summed E-state index contributed by atoms with van der Waals surface area (Å²) in [5, 5.41) is 0.576. The van der Waals surface area contributed by atoms with Crippen LogP contribution in [0.4, 0.5) is 4.39 Å². The van der Waals surface area contributed by atoms with E-state index in [0.29, 0.717) is 54.4 Å². The Labute approximate surface area is 450 Å². The van der Waals surface area contributed by atoms with E-state index in [1.165, 1.54) is 41.9 Å². The molecule has 0 bridgehead atoms. The summed E-state index contributed by atoms with van der Waals surface area (Å²) in [4.78, 5) is 25.2. The normalized spacial score (nSPS) is 13.0. The van der Waals surface area contributed by atoms with Crippen molar-refractivity contribution in [3.8, 4) is 44.7 Å². The highest BCUT2D eigenvalue weighted by Crippen LogP contribution is 2.50. The Morgan fingerprint density at radius 1 is 0.867 bits per heavy atom. The van der Waals surface area contributed by atoms with Gasteiger partial charge in [-0.15, -0.1) is 17.9 Å². The number of thiophene rings is 1. The summed E-state index contributed by atoms with van der Waals surface area (Å²) in [5.41, 5.74) is 4.06. The summed E-state index contributed by atoms with van der Waals surface area (Å²) in [6.45, 7) is 23.6. The second-order valence-electron chi connectivity index (χ2n) is 20.6. The fourth-order valence-corrected chi connectivity index (χ4v) is 10.9. The Morgan fingerprint density at radius 2 is 1.56 bits per heavy atom. The summed E-state index contributed by atoms with van der Waals surface area (Å²) in [5.74, 6) is 0.417. The number of hydrogen-bond donors (Lipinski definition) is 0. The molecule has 0 aliphatic carbocycles. The number of hydrogen-bond acceptors (Lipinski definition) is 13. The fourth-order valence-electron chi connectivity index (χ4n) is 7.57. The zero-order valence-electron chi connectivity index (χ0n) is 44.0. The molecule has 0 fully saturated rings. The Kier molecular flexibility index (Phi) is 18.0. The smallest absolute Gasteiger partial charge is 0.348 e. The zero-order chi connectivity index (χ0) is 54.3. The Morgan fingerprint density at radius 3 is 2.23 bits per heavy atom. The first-order chi connectivity index (χ1) is 35.4. The van der Waals surface area contributed by atoms with Crippen LogP contribution in [-0.4, -0.2) is 70.3 Å². The molecule has 0 aliphatic heterocycles. The molecular formula is C58H64ClFN2O10S2Si. The van der Waals surface area contributed by atoms with Crippen LogP contribution in [-0.2, 0) is 41.6 Å². The quantitative estimate of drug-likeness (QED) is 0.0210. The van der Waals surface area contributed by atoms with Crippen molar-refractivity contribution < 1.29 is 49.9 Å². The van der Waals surface area contributed by atoms with Crippen LogP contribution in [0.3, 0.4) is 0 Å². The molecule has 0 saturated carbocycles. The van der Waals surface area contributed by atoms with E-state index in [0.717, 1.165) is 11.1 Å². The first-order valence-corrected chi connectivity index (χ1v) is 30.0. The van der Waals surface area contributed by atoms with Gasteiger partial charge in [0.2, 0.25) is 20.3 Å². The number of nitrogens with zero attached hydrogens (tertiary/aromatic N) is 2. The molecule has 396 valence electrons. The number of aromatic nitrogens is 2. The number of carbonyl (C=O) groups excluding carboxylic acids is 1. The van der Waals surface area contributed by atoms with Gasteiger partial charge in [0.15, 0.2) is 0 Å². The molecule has 7 aromatic rings. The third-order valence-corrected chi connectivity index (χ3v) is 19.8. The summed E-state index contributed by atoms with van der Waals surface area (Å²) in [6, 6.07) is 31.3. The molecule has 0 spiro atoms. The summed E-state index contributed by atoms with van der Waals surface area (Å²) in [6.07, 6.45) is 0.730. The monoisotopic (exact) mass is 1090 g/mol. The van der Waals surface area contributed by atoms with Crippen LogP contribution in [0, 0.1) is 19.7 Å². The van der Waals surface area contributed by atoms with E-state index in [4.69, 9.17) is 53.9 Å². The molecule has 7 rings (SSSR count). The van der Waals surface area contributed by atoms with Crippen LogP contribution >= 0.6 is 22.9 Å². The minimum absolute atomic E-state index is 0.000258. The fraction of sp³-hybridized carbons (Fsp3) is 0.328. The highest BCUT2D eigenvalue weighted by atomic mass is 35.5. The van der Waals surface area contributed by atoms with Crippen LogP contribution in [0.5, 0.6) is 23.1 Å². The number of rotatable bonds is 22. The van der Waals surface area contributed by atoms with Gasteiger partial charge in [-0.3, -0.25) is 4.18 Å². The molecule has 5 aromatic carbocycles. The van der Waals surface area contributed by atoms with E-state index in [1.54, 1.807) is 57.2 Å². The van der Waals surface area contributed by atoms with Gasteiger partial charge in [0.05, 0.1) is 28.5 Å². The van der Waals surface area contributed by atoms with Crippen LogP contribution in [0.2, 0.25) is 23.2 Å². The Hall–Kier alpha value is -6.14. The predicted octanol–water partition coefficient (Wildman–Crippen LogP) is 14.1. The van der Waals surface area contributed by atoms with Gasteiger partial charge < -0.3 is 28.1 Å². The Balaban J connectivity index is 1.31. The van der Waals surface area contributed by atoms with E-state index in [2.05, 4.69) is 40.4 Å². The van der Waals surface area contributed by atoms with Crippen molar-refractivity contribution in [2.24, 2.45) is 0 Å². The first-order valence-electron chi connectivity index (χ1n) is 24.5. The predicted molar refractivity (Wildman–Crippen MR) is 297 cm³/mol. The molecule has 2 aromatic heterocycles. The number of ether oxygens (including phenoxy) is 5. The molecule has 0 aliphatic rings. The topological polar surface area (TPSA) is 142 Å². The number of carbonyl (C=O) groups is 1. The van der Waals surface area contributed by atoms with Gasteiger partial charge in [-0.25, -0.2) is 19.2 Å². The lowest BCUT2D eigenvalue weighted by Crippen LogP contribution is -2.43. The minimum atomic E-state index is -4.15. The van der Waals surface area contributed by atoms with E-state index in [-0.39, 0.29) is 59.4 Å². The van der Waals surface area contributed by atoms with E-state index in [9.17, 15) is 17.6 Å². The van der Waals surface area contributed by atoms with Crippen LogP contribution in [0.15, 0.2) is 133 Å². The van der Waals surface area contributed by atoms with Gasteiger partial charge in [0.1, 0.15) is 59.1 Å². The van der Waals surface area contributed by atoms with Crippen LogP contribution in [0.25, 0.3) is 31.8 Å². The van der Waals surface area contributed by atoms with Gasteiger partial charge >= 0.3 is 5.97 Å². The lowest BCUT2D eigenvalue weighted by Gasteiger charge is -2.36. The number of esters is 1. The van der Waals surface area contributed by atoms with Crippen molar-refractivity contribution in [1.82, 2.24) is 9.97 Å². The van der Waals surface area contributed by atoms with Crippen molar-refractivity contribution in [1.29, 1.82) is 0 Å². The third kappa shape index (κ3) is 14.4. The number of aryl methyl sites for hydroxylation is 1. The van der Waals surface area contributed by atoms with Crippen molar-refractivity contribution in [2.75, 3.05) is 19.8 Å². The van der Waals surface area contributed by atoms with Gasteiger partial charge in [-0.1, -0.05) is 105 Å². The third-order valence-electron chi connectivity index (χ3n) is 12.5. The molecular weight excluding hydrogens is 1030 g/mol. The van der Waals surface area contributed by atoms with Crippen molar-refractivity contribution in [2.45, 2.75) is 109 Å². The highest BCUT2D eigenvalue weighted by Gasteiger charge is 2.39. The molecule has 12 nitrogen and oxygen atoms in total. The average Bonchev–Trinajstić information content (AvgIpc) is 3.74. The van der Waals surface area contributed by atoms with Crippen LogP contribution in [0.1, 0.15) is 63.8 Å². The number of halogens is 2. The first kappa shape index (κ1) is 56.6. The van der Waals surface area contributed by atoms with Gasteiger partial charge in [0, 0.05) is 22.4 Å². The summed E-state index contributed by atoms with van der Waals surface area (Å²) in [7, 11) is -6.47. The second-order valence-corrected chi connectivity index (χ2v) is 28.3. The summed E-state index contributed by atoms with van der Waals surface area (Å²) < 4.78 is 84.8. The zero-order valence-corrected chi connectivity index (χ0v) is 47.4. The standard InChI is InChI=1S/C58H64ClFN2O10S2Si/c1-12-30-66-34-44(35-68-74(64,65)45-25-18-37(2)19-26-45)69-48-29-27-46(38(3)52(48)59)50-51-54(61-36-62-55(51)73-53(50)40-20-22-42(60)23-21-40)70-49(56(63)71-57(4,5)6)32-41-31-43(72-75(10,11)58(7,8)9)24-28-47(41)67-33-39-16-14-13-15-17-39/h12-29,31,36,44,49H,1,30,32-35H2,2-11H3. The molecule has 0 saturated heterocycles. The number of fused-ring (bicyclic) bond motifs is 1. The van der Waals surface area contributed by atoms with Crippen molar-refractivity contribution in [3.05, 3.63) is 161 Å². The maximum atomic E-state index is 14.6. The highest BCUT2D eigenvalue weighted by molar-refractivity contribution is 7.86. The Bertz CT molecular complexity index is 3230. The maximum absolute atomic E-state index is 14.6. The molecule has 2 atom stereocenters. The lowest BCUT2D eigenvalue weighted by molar-refractivity contribution is -0.163. The van der Waals surface area contributed by atoms with Crippen LogP contribution < -0.4 is 18.6 Å². The minimum Gasteiger partial charge on any atom is -0.543 e. The largest absolute Gasteiger partial charge is 0.543 e. The molecule has 0 N–H and O–H groups in total. The molecule has 2 unspecified atom stereocenters. The average molecular weight is 1100 g/mol. The van der Waals surface area contributed by atoms with Crippen molar-refractivity contribution in [3.63, 3.8) is 0 Å². The molecule has 0 amide bonds. The lowest BCUT2D eigenvalue weighted by atomic mass is 9.96. The molecule has 0 radical (unpaired) electrons. The van der Waals surface area contributed by atoms with E-state index < -0.39 is 48.0 Å². The van der Waals surface area contributed by atoms with E-state index >= 15 is 0 Å². The molecule has 75 heavy (non-hydrogen) atoms. The molecule has 17 heteroatoms. The SMILES string of the molecule is C=CCOCC(COS(=O)(=O)c1ccc(C)cc1)Oc1ccc(-c2c(-c3ccc(F)cc3)sc3ncnc(OC(Cc4cc(O[Si](C)(C)C(C)(C)C)ccc4OCc4ccccc4)C(=O)OC(C)(C)C)c23)c(C)c1Cl. The second kappa shape index (κ2) is 23.8. The van der Waals surface area contributed by atoms with Gasteiger partial charge in [-0.05, 0) is 124 Å². The maximum Gasteiger partial charge on any atom is 0.348 e. The number of benzene rings is 5. The molecule has 2 heterocycles. The van der Waals surface area contributed by atoms with E-state index in [1.807, 2.05) is 68.4 Å². The van der Waals surface area contributed by atoms with Crippen molar-refractivity contribution >= 4 is 57.6 Å². The van der Waals surface area contributed by atoms with Gasteiger partial charge in [-0.2, -0.15) is 8.42 Å². The summed E-state index contributed by atoms with van der Waals surface area (Å²) >= 11 is 8.57. The van der Waals surface area contributed by atoms with Gasteiger partial charge in [0.25, 0.3) is 10.1 Å².